The van der Waals surface area contributed by atoms with Gasteiger partial charge in [-0.05, 0) is 80.2 Å². The Morgan fingerprint density at radius 1 is 1.00 bits per heavy atom. The Kier molecular flexibility index (Phi) is 3.76. The molecule has 0 radical (unpaired) electrons. The van der Waals surface area contributed by atoms with Gasteiger partial charge >= 0.3 is 0 Å². The molecule has 6 atom stereocenters. The van der Waals surface area contributed by atoms with Crippen molar-refractivity contribution < 1.29 is 5.11 Å². The van der Waals surface area contributed by atoms with Gasteiger partial charge in [-0.2, -0.15) is 0 Å². The average Bonchev–Trinajstić information content (AvgIpc) is 3.29. The van der Waals surface area contributed by atoms with E-state index in [1.807, 2.05) is 6.33 Å². The number of aromatic nitrogens is 2. The molecule has 1 N–H and O–H groups in total. The van der Waals surface area contributed by atoms with Gasteiger partial charge in [0.05, 0.1) is 17.1 Å². The topological polar surface area (TPSA) is 38.0 Å². The highest BCUT2D eigenvalue weighted by atomic mass is 16.3. The van der Waals surface area contributed by atoms with Crippen LogP contribution in [-0.2, 0) is 0 Å². The highest BCUT2D eigenvalue weighted by Gasteiger charge is 2.57. The monoisotopic (exact) mass is 388 g/mol. The normalized spacial score (nSPS) is 41.3. The summed E-state index contributed by atoms with van der Waals surface area (Å²) in [7, 11) is 0. The van der Waals surface area contributed by atoms with E-state index in [0.717, 1.165) is 42.5 Å². The van der Waals surface area contributed by atoms with Crippen molar-refractivity contribution in [3.63, 3.8) is 0 Å². The number of hydrogen-bond acceptors (Lipinski definition) is 2. The summed E-state index contributed by atoms with van der Waals surface area (Å²) in [6.45, 7) is 5.03. The van der Waals surface area contributed by atoms with E-state index in [2.05, 4.69) is 59.8 Å². The fraction of sp³-hybridized carbons (Fsp3) is 0.577. The largest absolute Gasteiger partial charge is 0.393 e. The maximum atomic E-state index is 10.2. The molecule has 0 spiro atoms. The first kappa shape index (κ1) is 17.9. The van der Waals surface area contributed by atoms with Crippen molar-refractivity contribution in [3.8, 4) is 0 Å². The van der Waals surface area contributed by atoms with Crippen LogP contribution in [0.5, 0.6) is 0 Å². The number of imidazole rings is 1. The summed E-state index contributed by atoms with van der Waals surface area (Å²) >= 11 is 0. The van der Waals surface area contributed by atoms with Gasteiger partial charge in [0, 0.05) is 11.1 Å². The number of aliphatic hydroxyl groups excluding tert-OH is 1. The summed E-state index contributed by atoms with van der Waals surface area (Å²) in [6, 6.07) is 8.52. The van der Waals surface area contributed by atoms with Crippen LogP contribution in [0.15, 0.2) is 48.3 Å². The molecular weight excluding hydrogens is 356 g/mol. The van der Waals surface area contributed by atoms with Crippen LogP contribution in [0.4, 0.5) is 0 Å². The van der Waals surface area contributed by atoms with E-state index in [1.54, 1.807) is 5.57 Å². The third kappa shape index (κ3) is 2.37. The standard InChI is InChI=1S/C26H32N2O/c1-25-13-11-18(29)15-17(25)7-8-19-20-9-10-24(26(20,2)14-12-21(19)25)28-16-27-22-5-3-4-6-23(22)28/h3-7,10,16,18-21,29H,8-9,11-15H2,1-2H3/t18?,19?,20?,21?,25-,26-/m0/s1. The van der Waals surface area contributed by atoms with Gasteiger partial charge < -0.3 is 9.67 Å². The zero-order valence-electron chi connectivity index (χ0n) is 17.6. The summed E-state index contributed by atoms with van der Waals surface area (Å²) in [5.41, 5.74) is 5.92. The molecule has 29 heavy (non-hydrogen) atoms. The van der Waals surface area contributed by atoms with Gasteiger partial charge in [-0.3, -0.25) is 0 Å². The Labute approximate surface area is 173 Å². The maximum Gasteiger partial charge on any atom is 0.100 e. The Balaban J connectivity index is 1.36. The molecular formula is C26H32N2O. The SMILES string of the molecule is C[C@]12CCC(O)CC1=CCC1C2CC[C@]2(C)C(n3cnc4ccccc43)=CCC12. The van der Waals surface area contributed by atoms with Gasteiger partial charge in [0.2, 0.25) is 0 Å². The summed E-state index contributed by atoms with van der Waals surface area (Å²) < 4.78 is 2.37. The number of fused-ring (bicyclic) bond motifs is 6. The van der Waals surface area contributed by atoms with Crippen molar-refractivity contribution in [2.75, 3.05) is 0 Å². The molecule has 0 saturated heterocycles. The lowest BCUT2D eigenvalue weighted by Crippen LogP contribution is -2.50. The van der Waals surface area contributed by atoms with E-state index < -0.39 is 0 Å². The van der Waals surface area contributed by atoms with Crippen LogP contribution in [0.3, 0.4) is 0 Å². The van der Waals surface area contributed by atoms with Crippen molar-refractivity contribution in [1.82, 2.24) is 9.55 Å². The predicted octanol–water partition coefficient (Wildman–Crippen LogP) is 5.81. The van der Waals surface area contributed by atoms with E-state index in [0.29, 0.717) is 5.41 Å². The summed E-state index contributed by atoms with van der Waals surface area (Å²) in [5, 5.41) is 10.2. The molecule has 1 aromatic heterocycles. The maximum absolute atomic E-state index is 10.2. The summed E-state index contributed by atoms with van der Waals surface area (Å²) in [6.07, 6.45) is 15.0. The van der Waals surface area contributed by atoms with Gasteiger partial charge in [-0.15, -0.1) is 0 Å². The molecule has 152 valence electrons. The second-order valence-electron chi connectivity index (χ2n) is 10.5. The zero-order chi connectivity index (χ0) is 19.8. The molecule has 0 aliphatic heterocycles. The van der Waals surface area contributed by atoms with E-state index in [9.17, 15) is 5.11 Å². The number of hydrogen-bond donors (Lipinski definition) is 1. The van der Waals surface area contributed by atoms with E-state index >= 15 is 0 Å². The molecule has 3 heteroatoms. The van der Waals surface area contributed by atoms with Crippen LogP contribution in [-0.4, -0.2) is 20.8 Å². The van der Waals surface area contributed by atoms with Crippen molar-refractivity contribution >= 4 is 16.7 Å². The molecule has 3 nitrogen and oxygen atoms in total. The van der Waals surface area contributed by atoms with Crippen molar-refractivity contribution in [2.45, 2.75) is 64.9 Å². The van der Waals surface area contributed by atoms with E-state index in [-0.39, 0.29) is 11.5 Å². The minimum absolute atomic E-state index is 0.117. The Morgan fingerprint density at radius 2 is 1.83 bits per heavy atom. The lowest BCUT2D eigenvalue weighted by molar-refractivity contribution is -0.0249. The molecule has 0 bridgehead atoms. The molecule has 4 aliphatic carbocycles. The molecule has 4 unspecified atom stereocenters. The third-order valence-electron chi connectivity index (χ3n) is 9.33. The molecule has 2 aromatic rings. The van der Waals surface area contributed by atoms with Gasteiger partial charge in [0.15, 0.2) is 0 Å². The third-order valence-corrected chi connectivity index (χ3v) is 9.33. The Bertz CT molecular complexity index is 1030. The summed E-state index contributed by atoms with van der Waals surface area (Å²) in [5.74, 6) is 2.26. The minimum atomic E-state index is -0.117. The van der Waals surface area contributed by atoms with Gasteiger partial charge in [0.1, 0.15) is 6.33 Å². The lowest BCUT2D eigenvalue weighted by Gasteiger charge is -2.57. The van der Waals surface area contributed by atoms with Crippen molar-refractivity contribution in [2.24, 2.45) is 28.6 Å². The minimum Gasteiger partial charge on any atom is -0.393 e. The van der Waals surface area contributed by atoms with Crippen LogP contribution < -0.4 is 0 Å². The molecule has 0 amide bonds. The summed E-state index contributed by atoms with van der Waals surface area (Å²) in [4.78, 5) is 4.67. The Morgan fingerprint density at radius 3 is 2.72 bits per heavy atom. The van der Waals surface area contributed by atoms with Gasteiger partial charge in [0.25, 0.3) is 0 Å². The highest BCUT2D eigenvalue weighted by molar-refractivity contribution is 5.80. The van der Waals surface area contributed by atoms with E-state index in [1.165, 1.54) is 36.9 Å². The molecule has 4 aliphatic rings. The second-order valence-corrected chi connectivity index (χ2v) is 10.5. The fourth-order valence-electron chi connectivity index (χ4n) is 7.71. The van der Waals surface area contributed by atoms with Crippen LogP contribution >= 0.6 is 0 Å². The molecule has 1 aromatic carbocycles. The van der Waals surface area contributed by atoms with Crippen LogP contribution in [0, 0.1) is 28.6 Å². The van der Waals surface area contributed by atoms with Gasteiger partial charge in [-0.25, -0.2) is 4.98 Å². The zero-order valence-corrected chi connectivity index (χ0v) is 17.6. The fourth-order valence-corrected chi connectivity index (χ4v) is 7.71. The molecule has 2 saturated carbocycles. The van der Waals surface area contributed by atoms with E-state index in [4.69, 9.17) is 0 Å². The number of rotatable bonds is 1. The van der Waals surface area contributed by atoms with Crippen LogP contribution in [0.1, 0.15) is 58.8 Å². The first-order valence-corrected chi connectivity index (χ1v) is 11.5. The Hall–Kier alpha value is -1.87. The first-order chi connectivity index (χ1) is 14.0. The number of benzene rings is 1. The number of aliphatic hydroxyl groups is 1. The number of para-hydroxylation sites is 2. The first-order valence-electron chi connectivity index (χ1n) is 11.5. The van der Waals surface area contributed by atoms with Gasteiger partial charge in [-0.1, -0.05) is 43.7 Å². The van der Waals surface area contributed by atoms with Crippen molar-refractivity contribution in [1.29, 1.82) is 0 Å². The lowest BCUT2D eigenvalue weighted by atomic mass is 9.48. The molecule has 2 fully saturated rings. The number of allylic oxidation sites excluding steroid dienone is 3. The molecule has 1 heterocycles. The van der Waals surface area contributed by atoms with Crippen LogP contribution in [0.25, 0.3) is 16.7 Å². The quantitative estimate of drug-likeness (QED) is 0.626. The molecule has 6 rings (SSSR count). The number of nitrogens with zero attached hydrogens (tertiary/aromatic N) is 2. The van der Waals surface area contributed by atoms with Crippen molar-refractivity contribution in [3.05, 3.63) is 48.3 Å². The van der Waals surface area contributed by atoms with Crippen LogP contribution in [0.2, 0.25) is 0 Å². The second kappa shape index (κ2) is 6.07. The predicted molar refractivity (Wildman–Crippen MR) is 117 cm³/mol. The highest BCUT2D eigenvalue weighted by Crippen LogP contribution is 2.65. The smallest absolute Gasteiger partial charge is 0.100 e. The average molecular weight is 389 g/mol.